The normalized spacial score (nSPS) is 20.6. The number of nitrogens with one attached hydrogen (secondary N) is 1. The Kier molecular flexibility index (Phi) is 7.49. The van der Waals surface area contributed by atoms with E-state index < -0.39 is 29.5 Å². The average molecular weight is 489 g/mol. The van der Waals surface area contributed by atoms with Gasteiger partial charge in [-0.15, -0.1) is 6.42 Å². The number of aliphatic imine (C=N–C) groups is 1. The first-order valence-corrected chi connectivity index (χ1v) is 10.9. The van der Waals surface area contributed by atoms with Crippen molar-refractivity contribution in [2.45, 2.75) is 38.2 Å². The van der Waals surface area contributed by atoms with Crippen LogP contribution < -0.4 is 5.32 Å². The second kappa shape index (κ2) is 9.81. The Labute approximate surface area is 191 Å². The van der Waals surface area contributed by atoms with E-state index in [0.717, 1.165) is 17.8 Å². The van der Waals surface area contributed by atoms with Crippen LogP contribution in [0.5, 0.6) is 0 Å². The Bertz CT molecular complexity index is 1000. The third-order valence-corrected chi connectivity index (χ3v) is 6.45. The van der Waals surface area contributed by atoms with Gasteiger partial charge in [-0.1, -0.05) is 18.1 Å². The molecule has 2 aliphatic rings. The van der Waals surface area contributed by atoms with Crippen LogP contribution in [0.3, 0.4) is 0 Å². The minimum Gasteiger partial charge on any atom is -0.358 e. The molecule has 0 aliphatic carbocycles. The standard InChI is InChI=1S/C22H21F6N3OS/c1-3-8-29-19-18(33-20(32)30-19)11-14-6-9-31(10-7-14)13(2)16-5-4-15(21(23,24)25)12-17(16)22(26,27)28/h1,4-5,11-14H,6-10H2,2H3,(H,29,30,32)/b18-11-. The molecule has 2 aliphatic heterocycles. The number of nitrogens with zero attached hydrogens (tertiary/aromatic N) is 2. The molecule has 4 nitrogen and oxygen atoms in total. The summed E-state index contributed by atoms with van der Waals surface area (Å²) in [7, 11) is 0. The quantitative estimate of drug-likeness (QED) is 0.425. The van der Waals surface area contributed by atoms with Crippen molar-refractivity contribution in [2.24, 2.45) is 10.9 Å². The lowest BCUT2D eigenvalue weighted by Gasteiger charge is -2.36. The zero-order chi connectivity index (χ0) is 24.4. The molecule has 11 heteroatoms. The van der Waals surface area contributed by atoms with E-state index in [1.807, 2.05) is 11.0 Å². The highest BCUT2D eigenvalue weighted by atomic mass is 32.2. The van der Waals surface area contributed by atoms with E-state index in [2.05, 4.69) is 16.2 Å². The number of thioether (sulfide) groups is 1. The number of amidine groups is 1. The number of carbonyl (C=O) groups excluding carboxylic acids is 1. The van der Waals surface area contributed by atoms with Gasteiger partial charge in [-0.25, -0.2) is 0 Å². The van der Waals surface area contributed by atoms with Gasteiger partial charge < -0.3 is 5.32 Å². The third-order valence-electron chi connectivity index (χ3n) is 5.64. The zero-order valence-electron chi connectivity index (χ0n) is 17.6. The van der Waals surface area contributed by atoms with Crippen molar-refractivity contribution in [1.82, 2.24) is 10.2 Å². The molecule has 1 aromatic rings. The van der Waals surface area contributed by atoms with Crippen LogP contribution in [0, 0.1) is 18.3 Å². The Balaban J connectivity index is 1.72. The molecule has 1 N–H and O–H groups in total. The number of terminal acetylenes is 1. The topological polar surface area (TPSA) is 44.7 Å². The number of hydrogen-bond donors (Lipinski definition) is 1. The number of halogens is 6. The van der Waals surface area contributed by atoms with Gasteiger partial charge in [0.15, 0.2) is 0 Å². The van der Waals surface area contributed by atoms with Gasteiger partial charge in [0.1, 0.15) is 5.84 Å². The lowest BCUT2D eigenvalue weighted by Crippen LogP contribution is -2.36. The number of amides is 1. The van der Waals surface area contributed by atoms with E-state index in [0.29, 0.717) is 42.7 Å². The fraction of sp³-hybridized carbons (Fsp3) is 0.455. The molecule has 178 valence electrons. The fourth-order valence-electron chi connectivity index (χ4n) is 3.91. The molecule has 1 fully saturated rings. The van der Waals surface area contributed by atoms with Crippen molar-refractivity contribution in [1.29, 1.82) is 0 Å². The number of carbonyl (C=O) groups is 1. The van der Waals surface area contributed by atoms with E-state index in [9.17, 15) is 31.1 Å². The van der Waals surface area contributed by atoms with Gasteiger partial charge in [-0.2, -0.15) is 31.3 Å². The van der Waals surface area contributed by atoms with Crippen LogP contribution in [0.4, 0.5) is 31.1 Å². The minimum absolute atomic E-state index is 0.0781. The van der Waals surface area contributed by atoms with Crippen molar-refractivity contribution in [3.8, 4) is 12.3 Å². The molecule has 33 heavy (non-hydrogen) atoms. The molecule has 1 saturated heterocycles. The number of alkyl halides is 6. The number of rotatable bonds is 4. The van der Waals surface area contributed by atoms with E-state index >= 15 is 0 Å². The first-order chi connectivity index (χ1) is 15.4. The second-order valence-electron chi connectivity index (χ2n) is 7.76. The largest absolute Gasteiger partial charge is 0.416 e. The lowest BCUT2D eigenvalue weighted by atomic mass is 9.92. The molecule has 2 heterocycles. The van der Waals surface area contributed by atoms with Gasteiger partial charge >= 0.3 is 17.6 Å². The van der Waals surface area contributed by atoms with E-state index in [-0.39, 0.29) is 29.3 Å². The fourth-order valence-corrected chi connectivity index (χ4v) is 4.71. The Morgan fingerprint density at radius 1 is 1.24 bits per heavy atom. The summed E-state index contributed by atoms with van der Waals surface area (Å²) >= 11 is 0.987. The highest BCUT2D eigenvalue weighted by Gasteiger charge is 2.40. The van der Waals surface area contributed by atoms with Gasteiger partial charge in [-0.05, 0) is 68.2 Å². The molecule has 1 aromatic carbocycles. The van der Waals surface area contributed by atoms with Crippen molar-refractivity contribution in [3.63, 3.8) is 0 Å². The van der Waals surface area contributed by atoms with Gasteiger partial charge in [0.2, 0.25) is 0 Å². The highest BCUT2D eigenvalue weighted by molar-refractivity contribution is 8.18. The summed E-state index contributed by atoms with van der Waals surface area (Å²) in [5.74, 6) is 2.90. The summed E-state index contributed by atoms with van der Waals surface area (Å²) in [6.07, 6.45) is -1.39. The van der Waals surface area contributed by atoms with Crippen LogP contribution in [0.2, 0.25) is 0 Å². The zero-order valence-corrected chi connectivity index (χ0v) is 18.4. The van der Waals surface area contributed by atoms with Gasteiger partial charge in [0.05, 0.1) is 22.6 Å². The number of piperidine rings is 1. The molecule has 0 bridgehead atoms. The Morgan fingerprint density at radius 2 is 1.91 bits per heavy atom. The predicted molar refractivity (Wildman–Crippen MR) is 114 cm³/mol. The summed E-state index contributed by atoms with van der Waals surface area (Å²) in [6.45, 7) is 2.69. The van der Waals surface area contributed by atoms with Crippen molar-refractivity contribution in [3.05, 3.63) is 45.9 Å². The molecule has 1 amide bonds. The summed E-state index contributed by atoms with van der Waals surface area (Å²) < 4.78 is 79.4. The van der Waals surface area contributed by atoms with Crippen molar-refractivity contribution < 1.29 is 31.1 Å². The molecular formula is C22H21F6N3OS. The van der Waals surface area contributed by atoms with E-state index in [1.165, 1.54) is 0 Å². The monoisotopic (exact) mass is 489 g/mol. The van der Waals surface area contributed by atoms with Crippen LogP contribution in [0.15, 0.2) is 34.2 Å². The van der Waals surface area contributed by atoms with Crippen LogP contribution >= 0.6 is 11.8 Å². The van der Waals surface area contributed by atoms with Crippen LogP contribution in [-0.2, 0) is 12.4 Å². The predicted octanol–water partition coefficient (Wildman–Crippen LogP) is 5.87. The second-order valence-corrected chi connectivity index (χ2v) is 8.76. The van der Waals surface area contributed by atoms with Crippen molar-refractivity contribution >= 4 is 22.8 Å². The molecule has 0 spiro atoms. The molecule has 3 rings (SSSR count). The van der Waals surface area contributed by atoms with E-state index in [4.69, 9.17) is 6.42 Å². The number of likely N-dealkylation sites (tertiary alicyclic amines) is 1. The summed E-state index contributed by atoms with van der Waals surface area (Å²) in [6, 6.07) is 1.08. The Morgan fingerprint density at radius 3 is 2.48 bits per heavy atom. The van der Waals surface area contributed by atoms with Gasteiger partial charge in [-0.3, -0.25) is 9.69 Å². The third kappa shape index (κ3) is 6.12. The molecule has 0 radical (unpaired) electrons. The van der Waals surface area contributed by atoms with Gasteiger partial charge in [0.25, 0.3) is 0 Å². The lowest BCUT2D eigenvalue weighted by molar-refractivity contribution is -0.143. The molecule has 0 saturated carbocycles. The highest BCUT2D eigenvalue weighted by Crippen LogP contribution is 2.41. The maximum atomic E-state index is 13.5. The van der Waals surface area contributed by atoms with E-state index in [1.54, 1.807) is 6.92 Å². The molecular weight excluding hydrogens is 468 g/mol. The maximum Gasteiger partial charge on any atom is 0.416 e. The number of benzene rings is 1. The first kappa shape index (κ1) is 25.2. The van der Waals surface area contributed by atoms with Crippen LogP contribution in [0.1, 0.15) is 42.5 Å². The van der Waals surface area contributed by atoms with Gasteiger partial charge in [0, 0.05) is 6.04 Å². The summed E-state index contributed by atoms with van der Waals surface area (Å²) in [4.78, 5) is 18.0. The molecule has 1 unspecified atom stereocenters. The minimum atomic E-state index is -4.90. The summed E-state index contributed by atoms with van der Waals surface area (Å²) in [5.41, 5.74) is -2.77. The molecule has 0 aromatic heterocycles. The summed E-state index contributed by atoms with van der Waals surface area (Å²) in [5, 5.41) is 2.54. The number of allylic oxidation sites excluding steroid dienone is 1. The maximum absolute atomic E-state index is 13.5. The van der Waals surface area contributed by atoms with Crippen LogP contribution in [0.25, 0.3) is 0 Å². The SMILES string of the molecule is C#CCNC1=NC(=O)S/C1=C\C1CCN(C(C)c2ccc(C(F)(F)F)cc2C(F)(F)F)CC1. The Hall–Kier alpha value is -2.45. The van der Waals surface area contributed by atoms with Crippen molar-refractivity contribution in [2.75, 3.05) is 19.6 Å². The van der Waals surface area contributed by atoms with Crippen LogP contribution in [-0.4, -0.2) is 35.6 Å². The first-order valence-electron chi connectivity index (χ1n) is 10.1. The smallest absolute Gasteiger partial charge is 0.358 e. The molecule has 1 atom stereocenters. The average Bonchev–Trinajstić information content (AvgIpc) is 3.09. The number of hydrogen-bond acceptors (Lipinski definition) is 4.